The molecule has 3 atom stereocenters. The first-order chi connectivity index (χ1) is 30.1. The number of phosphoric ester groups is 1. The molecule has 0 saturated carbocycles. The SMILES string of the molecule is CCCCCCCCCCCCCCCCCCCCCCC(=O)OCC(O)COP(=O)(O)OCC(NC(=O)CCCCCCCCCCCCCCCCCCCC)C(=O)O. The molecule has 0 radical (unpaired) electrons. The maximum absolute atomic E-state index is 12.4. The second-order valence-electron chi connectivity index (χ2n) is 18.1. The molecule has 1 amide bonds. The maximum Gasteiger partial charge on any atom is 0.472 e. The van der Waals surface area contributed by atoms with Crippen molar-refractivity contribution in [3.63, 3.8) is 0 Å². The van der Waals surface area contributed by atoms with E-state index in [0.717, 1.165) is 38.5 Å². The van der Waals surface area contributed by atoms with E-state index in [-0.39, 0.29) is 12.8 Å². The van der Waals surface area contributed by atoms with Gasteiger partial charge in [0.15, 0.2) is 6.04 Å². The molecule has 0 fully saturated rings. The van der Waals surface area contributed by atoms with Crippen LogP contribution in [0.15, 0.2) is 0 Å². The summed E-state index contributed by atoms with van der Waals surface area (Å²) in [6.07, 6.45) is 47.0. The number of hydrogen-bond acceptors (Lipinski definition) is 8. The van der Waals surface area contributed by atoms with Crippen molar-refractivity contribution >= 4 is 25.7 Å². The fraction of sp³-hybridized carbons (Fsp3) is 0.940. The number of aliphatic hydroxyl groups excluding tert-OH is 1. The van der Waals surface area contributed by atoms with Gasteiger partial charge in [0.2, 0.25) is 5.91 Å². The Morgan fingerprint density at radius 1 is 0.452 bits per heavy atom. The topological polar surface area (TPSA) is 169 Å². The number of aliphatic hydroxyl groups is 1. The van der Waals surface area contributed by atoms with Crippen molar-refractivity contribution in [2.24, 2.45) is 0 Å². The van der Waals surface area contributed by atoms with Gasteiger partial charge in [0.05, 0.1) is 13.2 Å². The molecule has 0 aliphatic carbocycles. The Kier molecular flexibility index (Phi) is 44.9. The summed E-state index contributed by atoms with van der Waals surface area (Å²) in [6, 6.07) is -1.54. The summed E-state index contributed by atoms with van der Waals surface area (Å²) in [4.78, 5) is 46.1. The summed E-state index contributed by atoms with van der Waals surface area (Å²) in [5.74, 6) is -2.35. The number of esters is 1. The van der Waals surface area contributed by atoms with Gasteiger partial charge in [0.1, 0.15) is 12.7 Å². The van der Waals surface area contributed by atoms with Crippen molar-refractivity contribution in [3.05, 3.63) is 0 Å². The van der Waals surface area contributed by atoms with Gasteiger partial charge in [0, 0.05) is 12.8 Å². The van der Waals surface area contributed by atoms with Crippen LogP contribution in [0.2, 0.25) is 0 Å². The van der Waals surface area contributed by atoms with Crippen molar-refractivity contribution in [2.75, 3.05) is 19.8 Å². The molecule has 3 unspecified atom stereocenters. The van der Waals surface area contributed by atoms with Crippen LogP contribution in [0.4, 0.5) is 0 Å². The van der Waals surface area contributed by atoms with E-state index in [1.807, 2.05) is 0 Å². The third-order valence-electron chi connectivity index (χ3n) is 11.9. The molecule has 12 heteroatoms. The minimum absolute atomic E-state index is 0.153. The summed E-state index contributed by atoms with van der Waals surface area (Å²) in [5.41, 5.74) is 0. The molecule has 0 aromatic carbocycles. The fourth-order valence-electron chi connectivity index (χ4n) is 7.85. The molecular weight excluding hydrogens is 806 g/mol. The molecule has 11 nitrogen and oxygen atoms in total. The lowest BCUT2D eigenvalue weighted by molar-refractivity contribution is -0.147. The van der Waals surface area contributed by atoms with Crippen molar-refractivity contribution in [1.29, 1.82) is 0 Å². The molecule has 0 aliphatic rings. The van der Waals surface area contributed by atoms with E-state index < -0.39 is 57.6 Å². The van der Waals surface area contributed by atoms with E-state index in [1.165, 1.54) is 193 Å². The van der Waals surface area contributed by atoms with Crippen LogP contribution in [-0.4, -0.2) is 64.9 Å². The van der Waals surface area contributed by atoms with E-state index in [1.54, 1.807) is 0 Å². The highest BCUT2D eigenvalue weighted by Crippen LogP contribution is 2.43. The number of hydrogen-bond donors (Lipinski definition) is 4. The normalized spacial score (nSPS) is 13.5. The van der Waals surface area contributed by atoms with E-state index in [4.69, 9.17) is 13.8 Å². The number of nitrogens with one attached hydrogen (secondary N) is 1. The number of unbranched alkanes of at least 4 members (excludes halogenated alkanes) is 36. The zero-order valence-electron chi connectivity index (χ0n) is 40.2. The summed E-state index contributed by atoms with van der Waals surface area (Å²) in [5, 5.41) is 21.9. The smallest absolute Gasteiger partial charge is 0.472 e. The predicted octanol–water partition coefficient (Wildman–Crippen LogP) is 14.2. The molecule has 368 valence electrons. The van der Waals surface area contributed by atoms with Gasteiger partial charge in [-0.15, -0.1) is 0 Å². The van der Waals surface area contributed by atoms with Crippen molar-refractivity contribution in [1.82, 2.24) is 5.32 Å². The summed E-state index contributed by atoms with van der Waals surface area (Å²) < 4.78 is 27.0. The molecule has 0 heterocycles. The number of carbonyl (C=O) groups is 3. The molecule has 62 heavy (non-hydrogen) atoms. The van der Waals surface area contributed by atoms with E-state index in [9.17, 15) is 34.1 Å². The molecule has 0 saturated heterocycles. The average molecular weight is 904 g/mol. The Hall–Kier alpha value is -1.52. The maximum atomic E-state index is 12.4. The first kappa shape index (κ1) is 60.5. The first-order valence-electron chi connectivity index (χ1n) is 26.1. The Morgan fingerprint density at radius 2 is 0.742 bits per heavy atom. The average Bonchev–Trinajstić information content (AvgIpc) is 3.25. The van der Waals surface area contributed by atoms with Crippen molar-refractivity contribution in [2.45, 2.75) is 283 Å². The molecular formula is C50H98NO10P. The third-order valence-corrected chi connectivity index (χ3v) is 12.8. The minimum Gasteiger partial charge on any atom is -0.480 e. The zero-order valence-corrected chi connectivity index (χ0v) is 41.1. The molecule has 0 spiro atoms. The standard InChI is InChI=1S/C50H98NO10P/c1-3-5-7-9-11-13-15-17-19-21-23-24-26-28-30-32-34-36-38-40-42-49(54)59-43-46(52)44-60-62(57,58)61-45-47(50(55)56)51-48(53)41-39-37-35-33-31-29-27-25-22-20-18-16-14-12-10-8-6-4-2/h46-47,52H,3-45H2,1-2H3,(H,51,53)(H,55,56)(H,57,58). The summed E-state index contributed by atoms with van der Waals surface area (Å²) in [7, 11) is -4.75. The molecule has 0 bridgehead atoms. The van der Waals surface area contributed by atoms with Gasteiger partial charge in [-0.1, -0.05) is 245 Å². The Labute approximate surface area is 380 Å². The number of ether oxygens (including phenoxy) is 1. The van der Waals surface area contributed by atoms with Crippen LogP contribution in [0.3, 0.4) is 0 Å². The second-order valence-corrected chi connectivity index (χ2v) is 19.5. The molecule has 4 N–H and O–H groups in total. The van der Waals surface area contributed by atoms with Gasteiger partial charge in [-0.2, -0.15) is 0 Å². The number of amides is 1. The minimum atomic E-state index is -4.75. The van der Waals surface area contributed by atoms with Gasteiger partial charge < -0.3 is 25.2 Å². The Bertz CT molecular complexity index is 1060. The van der Waals surface area contributed by atoms with Gasteiger partial charge in [-0.25, -0.2) is 9.36 Å². The van der Waals surface area contributed by atoms with Gasteiger partial charge in [0.25, 0.3) is 0 Å². The number of rotatable bonds is 50. The second kappa shape index (κ2) is 46.0. The van der Waals surface area contributed by atoms with Gasteiger partial charge in [-0.3, -0.25) is 18.6 Å². The first-order valence-corrected chi connectivity index (χ1v) is 27.6. The Balaban J connectivity index is 3.77. The van der Waals surface area contributed by atoms with Crippen molar-refractivity contribution < 1.29 is 47.8 Å². The number of carboxylic acids is 1. The summed E-state index contributed by atoms with van der Waals surface area (Å²) >= 11 is 0. The van der Waals surface area contributed by atoms with E-state index in [2.05, 4.69) is 19.2 Å². The van der Waals surface area contributed by atoms with Crippen LogP contribution in [0.5, 0.6) is 0 Å². The Morgan fingerprint density at radius 3 is 1.06 bits per heavy atom. The molecule has 0 aromatic rings. The molecule has 0 aliphatic heterocycles. The lowest BCUT2D eigenvalue weighted by Crippen LogP contribution is -2.43. The fourth-order valence-corrected chi connectivity index (χ4v) is 8.62. The van der Waals surface area contributed by atoms with Gasteiger partial charge >= 0.3 is 19.8 Å². The largest absolute Gasteiger partial charge is 0.480 e. The lowest BCUT2D eigenvalue weighted by atomic mass is 10.0. The van der Waals surface area contributed by atoms with Gasteiger partial charge in [-0.05, 0) is 12.8 Å². The van der Waals surface area contributed by atoms with Crippen LogP contribution < -0.4 is 5.32 Å². The number of phosphoric acid groups is 1. The van der Waals surface area contributed by atoms with E-state index in [0.29, 0.717) is 12.8 Å². The molecule has 0 rings (SSSR count). The highest BCUT2D eigenvalue weighted by atomic mass is 31.2. The third kappa shape index (κ3) is 45.1. The zero-order chi connectivity index (χ0) is 45.6. The van der Waals surface area contributed by atoms with Crippen LogP contribution in [0.1, 0.15) is 271 Å². The lowest BCUT2D eigenvalue weighted by Gasteiger charge is -2.18. The number of aliphatic carboxylic acids is 1. The van der Waals surface area contributed by atoms with Crippen molar-refractivity contribution in [3.8, 4) is 0 Å². The monoisotopic (exact) mass is 904 g/mol. The predicted molar refractivity (Wildman–Crippen MR) is 254 cm³/mol. The van der Waals surface area contributed by atoms with Crippen LogP contribution in [0.25, 0.3) is 0 Å². The summed E-state index contributed by atoms with van der Waals surface area (Å²) in [6.45, 7) is 2.66. The number of carbonyl (C=O) groups excluding carboxylic acids is 2. The van der Waals surface area contributed by atoms with Crippen LogP contribution >= 0.6 is 7.82 Å². The highest BCUT2D eigenvalue weighted by Gasteiger charge is 2.28. The van der Waals surface area contributed by atoms with Crippen LogP contribution in [-0.2, 0) is 32.7 Å². The van der Waals surface area contributed by atoms with E-state index >= 15 is 0 Å². The molecule has 0 aromatic heterocycles. The quantitative estimate of drug-likeness (QED) is 0.0262. The number of carboxylic acid groups (broad SMARTS) is 1. The van der Waals surface area contributed by atoms with Crippen LogP contribution in [0, 0.1) is 0 Å². The highest BCUT2D eigenvalue weighted by molar-refractivity contribution is 7.47.